The summed E-state index contributed by atoms with van der Waals surface area (Å²) in [4.78, 5) is 28.2. The Labute approximate surface area is 189 Å². The quantitative estimate of drug-likeness (QED) is 0.373. The molecule has 0 heterocycles. The number of anilines is 1. The monoisotopic (exact) mass is 448 g/mol. The Morgan fingerprint density at radius 1 is 0.867 bits per heavy atom. The number of unbranched alkanes of at least 4 members (excludes halogenated alkanes) is 4. The Balaban J connectivity index is 2.23. The van der Waals surface area contributed by atoms with E-state index in [0.29, 0.717) is 39.9 Å². The molecule has 30 heavy (non-hydrogen) atoms. The van der Waals surface area contributed by atoms with Crippen LogP contribution in [0, 0.1) is 0 Å². The third-order valence-corrected chi connectivity index (χ3v) is 5.48. The molecule has 0 atom stereocenters. The zero-order chi connectivity index (χ0) is 21.9. The van der Waals surface area contributed by atoms with Crippen molar-refractivity contribution in [3.05, 3.63) is 63.6 Å². The van der Waals surface area contributed by atoms with Crippen LogP contribution >= 0.6 is 23.2 Å². The van der Waals surface area contributed by atoms with Crippen LogP contribution in [0.25, 0.3) is 0 Å². The first-order valence-corrected chi connectivity index (χ1v) is 11.4. The molecule has 162 valence electrons. The second-order valence-corrected chi connectivity index (χ2v) is 8.17. The third-order valence-electron chi connectivity index (χ3n) is 4.93. The first-order chi connectivity index (χ1) is 14.5. The summed E-state index contributed by atoms with van der Waals surface area (Å²) in [6, 6.07) is 11.8. The van der Waals surface area contributed by atoms with Gasteiger partial charge in [-0.2, -0.15) is 0 Å². The lowest BCUT2D eigenvalue weighted by Gasteiger charge is -2.24. The SMILES string of the molecule is CCCCCN(CCCCC)C(=O)c1ccccc1C(=O)Nc1ccc(Cl)cc1Cl. The molecule has 0 spiro atoms. The van der Waals surface area contributed by atoms with Crippen LogP contribution in [0.3, 0.4) is 0 Å². The topological polar surface area (TPSA) is 49.4 Å². The largest absolute Gasteiger partial charge is 0.339 e. The highest BCUT2D eigenvalue weighted by molar-refractivity contribution is 6.36. The molecule has 0 bridgehead atoms. The number of nitrogens with zero attached hydrogens (tertiary/aromatic N) is 1. The molecule has 0 saturated heterocycles. The summed E-state index contributed by atoms with van der Waals surface area (Å²) in [5.74, 6) is -0.472. The fraction of sp³-hybridized carbons (Fsp3) is 0.417. The molecule has 2 aromatic rings. The van der Waals surface area contributed by atoms with Gasteiger partial charge in [0, 0.05) is 18.1 Å². The average molecular weight is 449 g/mol. The van der Waals surface area contributed by atoms with E-state index in [-0.39, 0.29) is 11.8 Å². The molecule has 6 heteroatoms. The summed E-state index contributed by atoms with van der Waals surface area (Å²) in [7, 11) is 0. The van der Waals surface area contributed by atoms with E-state index >= 15 is 0 Å². The van der Waals surface area contributed by atoms with Gasteiger partial charge >= 0.3 is 0 Å². The van der Waals surface area contributed by atoms with Gasteiger partial charge in [-0.1, -0.05) is 74.9 Å². The molecule has 1 N–H and O–H groups in total. The molecule has 0 aromatic heterocycles. The van der Waals surface area contributed by atoms with Crippen LogP contribution in [0.5, 0.6) is 0 Å². The summed E-state index contributed by atoms with van der Waals surface area (Å²) < 4.78 is 0. The maximum Gasteiger partial charge on any atom is 0.256 e. The third kappa shape index (κ3) is 7.03. The molecule has 0 aliphatic carbocycles. The standard InChI is InChI=1S/C24H30Cl2N2O2/c1-3-5-9-15-28(16-10-6-4-2)24(30)20-12-8-7-11-19(20)23(29)27-22-14-13-18(25)17-21(22)26/h7-8,11-14,17H,3-6,9-10,15-16H2,1-2H3,(H,27,29). The normalized spacial score (nSPS) is 10.7. The average Bonchev–Trinajstić information content (AvgIpc) is 2.74. The smallest absolute Gasteiger partial charge is 0.256 e. The van der Waals surface area contributed by atoms with E-state index in [1.807, 2.05) is 4.90 Å². The zero-order valence-electron chi connectivity index (χ0n) is 17.7. The van der Waals surface area contributed by atoms with Crippen LogP contribution < -0.4 is 5.32 Å². The van der Waals surface area contributed by atoms with E-state index in [1.165, 1.54) is 0 Å². The van der Waals surface area contributed by atoms with Gasteiger partial charge in [0.05, 0.1) is 21.8 Å². The molecule has 0 fully saturated rings. The second kappa shape index (κ2) is 12.6. The van der Waals surface area contributed by atoms with Crippen LogP contribution in [0.1, 0.15) is 73.1 Å². The van der Waals surface area contributed by atoms with Gasteiger partial charge in [0.2, 0.25) is 0 Å². The molecule has 0 aliphatic rings. The number of carbonyl (C=O) groups is 2. The van der Waals surface area contributed by atoms with E-state index in [2.05, 4.69) is 19.2 Å². The lowest BCUT2D eigenvalue weighted by molar-refractivity contribution is 0.0745. The summed E-state index contributed by atoms with van der Waals surface area (Å²) in [6.45, 7) is 5.69. The van der Waals surface area contributed by atoms with E-state index < -0.39 is 0 Å². The Hall–Kier alpha value is -2.04. The summed E-state index contributed by atoms with van der Waals surface area (Å²) in [5.41, 5.74) is 1.20. The van der Waals surface area contributed by atoms with Crippen LogP contribution in [-0.2, 0) is 0 Å². The minimum atomic E-state index is -0.370. The molecular weight excluding hydrogens is 419 g/mol. The van der Waals surface area contributed by atoms with Gasteiger partial charge < -0.3 is 10.2 Å². The molecule has 2 rings (SSSR count). The van der Waals surface area contributed by atoms with Gasteiger partial charge in [0.25, 0.3) is 11.8 Å². The van der Waals surface area contributed by atoms with Crippen LogP contribution in [0.4, 0.5) is 5.69 Å². The molecule has 0 saturated carbocycles. The van der Waals surface area contributed by atoms with Crippen molar-refractivity contribution >= 4 is 40.7 Å². The minimum absolute atomic E-state index is 0.102. The van der Waals surface area contributed by atoms with Crippen LogP contribution in [0.2, 0.25) is 10.0 Å². The minimum Gasteiger partial charge on any atom is -0.339 e. The van der Waals surface area contributed by atoms with Crippen molar-refractivity contribution in [1.82, 2.24) is 4.90 Å². The highest BCUT2D eigenvalue weighted by Gasteiger charge is 2.22. The van der Waals surface area contributed by atoms with Crippen molar-refractivity contribution in [3.63, 3.8) is 0 Å². The fourth-order valence-corrected chi connectivity index (χ4v) is 3.69. The number of carbonyl (C=O) groups excluding carboxylic acids is 2. The number of nitrogens with one attached hydrogen (secondary N) is 1. The van der Waals surface area contributed by atoms with E-state index in [0.717, 1.165) is 38.5 Å². The van der Waals surface area contributed by atoms with Gasteiger partial charge in [-0.05, 0) is 43.2 Å². The number of rotatable bonds is 11. The number of hydrogen-bond acceptors (Lipinski definition) is 2. The van der Waals surface area contributed by atoms with Gasteiger partial charge in [-0.3, -0.25) is 9.59 Å². The number of amides is 2. The van der Waals surface area contributed by atoms with Crippen molar-refractivity contribution < 1.29 is 9.59 Å². The van der Waals surface area contributed by atoms with Crippen molar-refractivity contribution in [3.8, 4) is 0 Å². The van der Waals surface area contributed by atoms with Crippen LogP contribution in [0.15, 0.2) is 42.5 Å². The molecule has 0 aliphatic heterocycles. The molecule has 0 radical (unpaired) electrons. The highest BCUT2D eigenvalue weighted by atomic mass is 35.5. The predicted octanol–water partition coefficient (Wildman–Crippen LogP) is 7.07. The summed E-state index contributed by atoms with van der Waals surface area (Å²) >= 11 is 12.1. The van der Waals surface area contributed by atoms with Gasteiger partial charge in [0.1, 0.15) is 0 Å². The molecular formula is C24H30Cl2N2O2. The van der Waals surface area contributed by atoms with E-state index in [1.54, 1.807) is 42.5 Å². The molecule has 2 amide bonds. The van der Waals surface area contributed by atoms with Crippen molar-refractivity contribution in [2.45, 2.75) is 52.4 Å². The lowest BCUT2D eigenvalue weighted by Crippen LogP contribution is -2.34. The van der Waals surface area contributed by atoms with Gasteiger partial charge in [-0.15, -0.1) is 0 Å². The Morgan fingerprint density at radius 3 is 2.03 bits per heavy atom. The Bertz CT molecular complexity index is 845. The van der Waals surface area contributed by atoms with Crippen molar-refractivity contribution in [2.24, 2.45) is 0 Å². The maximum absolute atomic E-state index is 13.3. The summed E-state index contributed by atoms with van der Waals surface area (Å²) in [5, 5.41) is 3.63. The predicted molar refractivity (Wildman–Crippen MR) is 126 cm³/mol. The first-order valence-electron chi connectivity index (χ1n) is 10.6. The lowest BCUT2D eigenvalue weighted by atomic mass is 10.0. The number of halogens is 2. The van der Waals surface area contributed by atoms with Gasteiger partial charge in [-0.25, -0.2) is 0 Å². The summed E-state index contributed by atoms with van der Waals surface area (Å²) in [6.07, 6.45) is 6.27. The molecule has 0 unspecified atom stereocenters. The highest BCUT2D eigenvalue weighted by Crippen LogP contribution is 2.26. The Morgan fingerprint density at radius 2 is 1.47 bits per heavy atom. The van der Waals surface area contributed by atoms with E-state index in [9.17, 15) is 9.59 Å². The molecule has 2 aromatic carbocycles. The number of benzene rings is 2. The first kappa shape index (κ1) is 24.2. The zero-order valence-corrected chi connectivity index (χ0v) is 19.2. The number of hydrogen-bond donors (Lipinski definition) is 1. The second-order valence-electron chi connectivity index (χ2n) is 7.33. The fourth-order valence-electron chi connectivity index (χ4n) is 3.24. The van der Waals surface area contributed by atoms with Crippen molar-refractivity contribution in [2.75, 3.05) is 18.4 Å². The Kier molecular flexibility index (Phi) is 10.2. The van der Waals surface area contributed by atoms with E-state index in [4.69, 9.17) is 23.2 Å². The van der Waals surface area contributed by atoms with Crippen LogP contribution in [-0.4, -0.2) is 29.8 Å². The van der Waals surface area contributed by atoms with Gasteiger partial charge in [0.15, 0.2) is 0 Å². The maximum atomic E-state index is 13.3. The van der Waals surface area contributed by atoms with Crippen molar-refractivity contribution in [1.29, 1.82) is 0 Å². The molecule has 4 nitrogen and oxygen atoms in total.